The van der Waals surface area contributed by atoms with E-state index in [0.717, 1.165) is 44.9 Å². The third kappa shape index (κ3) is 30.1. The fraction of sp³-hybridized carbons (Fsp3) is 0.941. The average molecular weight is 886 g/mol. The Hall–Kier alpha value is -1.15. The third-order valence-corrected chi connectivity index (χ3v) is 12.8. The van der Waals surface area contributed by atoms with E-state index >= 15 is 0 Å². The van der Waals surface area contributed by atoms with Gasteiger partial charge in [-0.25, -0.2) is 0 Å². The van der Waals surface area contributed by atoms with Crippen LogP contribution in [0.15, 0.2) is 12.2 Å². The molecule has 0 aromatic rings. The van der Waals surface area contributed by atoms with Crippen molar-refractivity contribution in [1.82, 2.24) is 5.32 Å². The van der Waals surface area contributed by atoms with E-state index in [-0.39, 0.29) is 6.42 Å². The van der Waals surface area contributed by atoms with E-state index in [1.54, 1.807) is 0 Å². The highest BCUT2D eigenvalue weighted by molar-refractivity contribution is 5.80. The van der Waals surface area contributed by atoms with Gasteiger partial charge >= 0.3 is 0 Å². The number of hydrogen-bond donors (Lipinski definition) is 8. The molecule has 1 aliphatic rings. The summed E-state index contributed by atoms with van der Waals surface area (Å²) in [6.45, 7) is 3.44. The van der Waals surface area contributed by atoms with Gasteiger partial charge in [0.05, 0.1) is 25.4 Å². The molecular weight excluding hydrogens is 787 g/mol. The summed E-state index contributed by atoms with van der Waals surface area (Å²) in [5.74, 6) is -0.698. The smallest absolute Gasteiger partial charge is 0.249 e. The topological polar surface area (TPSA) is 189 Å². The molecule has 0 aromatic heterocycles. The molecule has 62 heavy (non-hydrogen) atoms. The van der Waals surface area contributed by atoms with Gasteiger partial charge in [-0.1, -0.05) is 212 Å². The molecule has 0 aromatic carbocycles. The zero-order valence-electron chi connectivity index (χ0n) is 39.9. The molecule has 9 atom stereocenters. The molecule has 1 saturated heterocycles. The van der Waals surface area contributed by atoms with Crippen LogP contribution >= 0.6 is 0 Å². The summed E-state index contributed by atoms with van der Waals surface area (Å²) in [7, 11) is 0. The zero-order valence-corrected chi connectivity index (χ0v) is 39.9. The van der Waals surface area contributed by atoms with Crippen LogP contribution in [0, 0.1) is 0 Å². The van der Waals surface area contributed by atoms with Crippen molar-refractivity contribution in [3.8, 4) is 0 Å². The minimum atomic E-state index is -1.66. The van der Waals surface area contributed by atoms with Crippen LogP contribution in [0.2, 0.25) is 0 Å². The van der Waals surface area contributed by atoms with Crippen molar-refractivity contribution in [2.75, 3.05) is 13.2 Å². The lowest BCUT2D eigenvalue weighted by atomic mass is 9.98. The van der Waals surface area contributed by atoms with E-state index in [2.05, 4.69) is 31.3 Å². The zero-order chi connectivity index (χ0) is 45.5. The lowest BCUT2D eigenvalue weighted by molar-refractivity contribution is -0.303. The first-order chi connectivity index (χ1) is 30.2. The summed E-state index contributed by atoms with van der Waals surface area (Å²) < 4.78 is 11.1. The monoisotopic (exact) mass is 886 g/mol. The van der Waals surface area contributed by atoms with Crippen LogP contribution in [0.1, 0.15) is 239 Å². The van der Waals surface area contributed by atoms with E-state index in [0.29, 0.717) is 19.3 Å². The normalized spacial score (nSPS) is 21.3. The first kappa shape index (κ1) is 58.9. The van der Waals surface area contributed by atoms with Gasteiger partial charge in [-0.2, -0.15) is 0 Å². The Bertz CT molecular complexity index is 1020. The summed E-state index contributed by atoms with van der Waals surface area (Å²) in [6.07, 6.45) is 34.1. The second-order valence-corrected chi connectivity index (χ2v) is 18.6. The molecular formula is C51H99NO10. The summed E-state index contributed by atoms with van der Waals surface area (Å²) in [4.78, 5) is 13.1. The van der Waals surface area contributed by atoms with E-state index in [4.69, 9.17) is 9.47 Å². The number of hydrogen-bond acceptors (Lipinski definition) is 10. The first-order valence-electron chi connectivity index (χ1n) is 26.1. The Balaban J connectivity index is 2.31. The Morgan fingerprint density at radius 1 is 0.548 bits per heavy atom. The number of ether oxygens (including phenoxy) is 2. The molecule has 0 aliphatic carbocycles. The second kappa shape index (κ2) is 41.3. The summed E-state index contributed by atoms with van der Waals surface area (Å²) in [5.41, 5.74) is 0. The van der Waals surface area contributed by atoms with Crippen molar-refractivity contribution >= 4 is 5.91 Å². The van der Waals surface area contributed by atoms with Gasteiger partial charge in [0.25, 0.3) is 0 Å². The molecule has 11 heteroatoms. The molecule has 0 spiro atoms. The summed E-state index contributed by atoms with van der Waals surface area (Å²) in [6, 6.07) is -1.16. The Kier molecular flexibility index (Phi) is 39.2. The molecule has 368 valence electrons. The second-order valence-electron chi connectivity index (χ2n) is 18.6. The molecule has 1 heterocycles. The minimum Gasteiger partial charge on any atom is -0.394 e. The van der Waals surface area contributed by atoms with Crippen LogP contribution < -0.4 is 5.32 Å². The number of carbonyl (C=O) groups excluding carboxylic acids is 1. The number of aliphatic hydroxyl groups is 7. The van der Waals surface area contributed by atoms with Crippen molar-refractivity contribution in [2.45, 2.75) is 294 Å². The molecule has 0 radical (unpaired) electrons. The number of aliphatic hydroxyl groups excluding tert-OH is 7. The van der Waals surface area contributed by atoms with Crippen LogP contribution in [-0.4, -0.2) is 110 Å². The fourth-order valence-electron chi connectivity index (χ4n) is 8.50. The van der Waals surface area contributed by atoms with Gasteiger partial charge in [-0.3, -0.25) is 4.79 Å². The van der Waals surface area contributed by atoms with Crippen LogP contribution in [-0.2, 0) is 14.3 Å². The maximum atomic E-state index is 13.1. The van der Waals surface area contributed by atoms with Gasteiger partial charge in [0.1, 0.15) is 36.6 Å². The highest BCUT2D eigenvalue weighted by Crippen LogP contribution is 2.23. The molecule has 8 N–H and O–H groups in total. The van der Waals surface area contributed by atoms with E-state index < -0.39 is 74.2 Å². The molecule has 1 rings (SSSR count). The van der Waals surface area contributed by atoms with Gasteiger partial charge in [0.15, 0.2) is 6.29 Å². The summed E-state index contributed by atoms with van der Waals surface area (Å²) in [5, 5.41) is 75.7. The van der Waals surface area contributed by atoms with Crippen molar-refractivity contribution in [2.24, 2.45) is 0 Å². The quantitative estimate of drug-likeness (QED) is 0.0216. The average Bonchev–Trinajstić information content (AvgIpc) is 3.27. The molecule has 0 bridgehead atoms. The highest BCUT2D eigenvalue weighted by Gasteiger charge is 2.44. The number of carbonyl (C=O) groups is 1. The van der Waals surface area contributed by atoms with Crippen LogP contribution in [0.25, 0.3) is 0 Å². The lowest BCUT2D eigenvalue weighted by Gasteiger charge is -2.40. The third-order valence-electron chi connectivity index (χ3n) is 12.8. The number of nitrogens with one attached hydrogen (secondary N) is 1. The number of rotatable bonds is 44. The summed E-state index contributed by atoms with van der Waals surface area (Å²) >= 11 is 0. The largest absolute Gasteiger partial charge is 0.394 e. The van der Waals surface area contributed by atoms with Crippen molar-refractivity contribution in [1.29, 1.82) is 0 Å². The Morgan fingerprint density at radius 3 is 1.35 bits per heavy atom. The van der Waals surface area contributed by atoms with Crippen molar-refractivity contribution in [3.63, 3.8) is 0 Å². The molecule has 11 nitrogen and oxygen atoms in total. The molecule has 9 unspecified atom stereocenters. The van der Waals surface area contributed by atoms with Gasteiger partial charge < -0.3 is 50.5 Å². The lowest BCUT2D eigenvalue weighted by Crippen LogP contribution is -2.60. The van der Waals surface area contributed by atoms with Gasteiger partial charge in [-0.05, 0) is 38.5 Å². The fourth-order valence-corrected chi connectivity index (χ4v) is 8.50. The predicted molar refractivity (Wildman–Crippen MR) is 252 cm³/mol. The van der Waals surface area contributed by atoms with Crippen molar-refractivity contribution in [3.05, 3.63) is 12.2 Å². The SMILES string of the molecule is CCCCCCCCCCCCCC/C=C\CCCCCCCCCCC(O)C(=O)NC(COC1OC(CO)C(O)C(O)C1O)C(O)C(O)CCCCCCCCCCCCC. The Labute approximate surface area is 379 Å². The first-order valence-corrected chi connectivity index (χ1v) is 26.1. The number of amides is 1. The minimum absolute atomic E-state index is 0.259. The van der Waals surface area contributed by atoms with E-state index in [1.807, 2.05) is 0 Å². The van der Waals surface area contributed by atoms with Crippen LogP contribution in [0.3, 0.4) is 0 Å². The number of allylic oxidation sites excluding steroid dienone is 2. The van der Waals surface area contributed by atoms with Crippen LogP contribution in [0.5, 0.6) is 0 Å². The standard InChI is InChI=1S/C51H99NO10/c1-3-5-7-9-11-13-15-16-17-18-19-20-21-22-23-24-25-26-27-29-31-33-35-37-39-44(55)50(60)52-42(41-61-51-49(59)48(58)47(57)45(40-53)62-51)46(56)43(54)38-36-34-32-30-28-14-12-10-8-6-4-2/h22-23,42-49,51,53-59H,3-21,24-41H2,1-2H3,(H,52,60)/b23-22-. The Morgan fingerprint density at radius 2 is 0.935 bits per heavy atom. The van der Waals surface area contributed by atoms with Crippen molar-refractivity contribution < 1.29 is 50.0 Å². The van der Waals surface area contributed by atoms with E-state index in [1.165, 1.54) is 154 Å². The maximum Gasteiger partial charge on any atom is 0.249 e. The van der Waals surface area contributed by atoms with Gasteiger partial charge in [-0.15, -0.1) is 0 Å². The van der Waals surface area contributed by atoms with Gasteiger partial charge in [0.2, 0.25) is 5.91 Å². The van der Waals surface area contributed by atoms with E-state index in [9.17, 15) is 40.5 Å². The molecule has 0 saturated carbocycles. The molecule has 1 amide bonds. The molecule has 1 fully saturated rings. The highest BCUT2D eigenvalue weighted by atomic mass is 16.7. The predicted octanol–water partition coefficient (Wildman–Crippen LogP) is 9.62. The maximum absolute atomic E-state index is 13.1. The van der Waals surface area contributed by atoms with Gasteiger partial charge in [0, 0.05) is 0 Å². The number of unbranched alkanes of at least 4 members (excludes halogenated alkanes) is 30. The van der Waals surface area contributed by atoms with Crippen LogP contribution in [0.4, 0.5) is 0 Å². The molecule has 1 aliphatic heterocycles.